The number of hydrogen-bond acceptors (Lipinski definition) is 5. The van der Waals surface area contributed by atoms with Crippen LogP contribution in [0.15, 0.2) is 47.5 Å². The van der Waals surface area contributed by atoms with Crippen molar-refractivity contribution in [2.24, 2.45) is 4.99 Å². The Kier molecular flexibility index (Phi) is 8.33. The zero-order valence-corrected chi connectivity index (χ0v) is 17.6. The van der Waals surface area contributed by atoms with Crippen molar-refractivity contribution in [1.29, 1.82) is 0 Å². The maximum atomic E-state index is 12.6. The Morgan fingerprint density at radius 2 is 1.76 bits per heavy atom. The second-order valence-electron chi connectivity index (χ2n) is 6.23. The van der Waals surface area contributed by atoms with Gasteiger partial charge < -0.3 is 23.8 Å². The monoisotopic (exact) mass is 400 g/mol. The lowest BCUT2D eigenvalue weighted by Gasteiger charge is -2.20. The number of amidine groups is 1. The standard InChI is InChI=1S/C22H28N2O5/c1-6-29-22(23-21(25)17-8-7-9-18(15-17)26-3)24(2)13-12-16-10-11-19(27-4)20(14-16)28-5/h7-11,14-15H,6,12-13H2,1-5H3. The molecule has 2 aromatic carbocycles. The van der Waals surface area contributed by atoms with E-state index in [1.807, 2.05) is 37.1 Å². The zero-order chi connectivity index (χ0) is 21.2. The molecule has 0 saturated carbocycles. The van der Waals surface area contributed by atoms with Gasteiger partial charge >= 0.3 is 0 Å². The zero-order valence-electron chi connectivity index (χ0n) is 17.6. The molecule has 0 fully saturated rings. The number of methoxy groups -OCH3 is 3. The van der Waals surface area contributed by atoms with Gasteiger partial charge in [0.05, 0.1) is 27.9 Å². The Hall–Kier alpha value is -3.22. The number of amides is 1. The molecule has 0 radical (unpaired) electrons. The molecule has 0 aromatic heterocycles. The lowest BCUT2D eigenvalue weighted by atomic mass is 10.1. The molecule has 0 aliphatic carbocycles. The number of nitrogens with zero attached hydrogens (tertiary/aromatic N) is 2. The maximum Gasteiger partial charge on any atom is 0.295 e. The summed E-state index contributed by atoms with van der Waals surface area (Å²) in [4.78, 5) is 18.5. The van der Waals surface area contributed by atoms with Crippen LogP contribution in [0.1, 0.15) is 22.8 Å². The summed E-state index contributed by atoms with van der Waals surface area (Å²) in [5, 5.41) is 0. The molecule has 0 aliphatic heterocycles. The van der Waals surface area contributed by atoms with Gasteiger partial charge in [-0.15, -0.1) is 0 Å². The first kappa shape index (κ1) is 22.1. The molecule has 0 bridgehead atoms. The van der Waals surface area contributed by atoms with Crippen molar-refractivity contribution in [3.05, 3.63) is 53.6 Å². The molecule has 0 spiro atoms. The predicted octanol–water partition coefficient (Wildman–Crippen LogP) is 3.42. The van der Waals surface area contributed by atoms with E-state index < -0.39 is 0 Å². The van der Waals surface area contributed by atoms with E-state index in [-0.39, 0.29) is 11.9 Å². The van der Waals surface area contributed by atoms with Crippen molar-refractivity contribution < 1.29 is 23.7 Å². The van der Waals surface area contributed by atoms with Crippen molar-refractivity contribution in [3.8, 4) is 17.2 Å². The van der Waals surface area contributed by atoms with Crippen LogP contribution in [0.4, 0.5) is 0 Å². The number of ether oxygens (including phenoxy) is 4. The maximum absolute atomic E-state index is 12.6. The number of hydrogen-bond donors (Lipinski definition) is 0. The third kappa shape index (κ3) is 6.14. The fourth-order valence-electron chi connectivity index (χ4n) is 2.69. The minimum absolute atomic E-state index is 0.279. The van der Waals surface area contributed by atoms with Gasteiger partial charge in [-0.05, 0) is 49.2 Å². The molecule has 7 heteroatoms. The highest BCUT2D eigenvalue weighted by molar-refractivity contribution is 6.01. The van der Waals surface area contributed by atoms with Crippen LogP contribution >= 0.6 is 0 Å². The molecular formula is C22H28N2O5. The van der Waals surface area contributed by atoms with Gasteiger partial charge in [0, 0.05) is 19.2 Å². The molecule has 0 unspecified atom stereocenters. The Balaban J connectivity index is 2.11. The highest BCUT2D eigenvalue weighted by atomic mass is 16.5. The summed E-state index contributed by atoms with van der Waals surface area (Å²) >= 11 is 0. The van der Waals surface area contributed by atoms with E-state index in [0.29, 0.717) is 36.0 Å². The average Bonchev–Trinajstić information content (AvgIpc) is 2.76. The fraction of sp³-hybridized carbons (Fsp3) is 0.364. The number of likely N-dealkylation sites (N-methyl/N-ethyl adjacent to an activating group) is 1. The molecule has 2 aromatic rings. The molecule has 1 amide bonds. The highest BCUT2D eigenvalue weighted by Crippen LogP contribution is 2.27. The van der Waals surface area contributed by atoms with Crippen LogP contribution < -0.4 is 14.2 Å². The van der Waals surface area contributed by atoms with Crippen LogP contribution in [0.5, 0.6) is 17.2 Å². The summed E-state index contributed by atoms with van der Waals surface area (Å²) in [5.74, 6) is 1.58. The van der Waals surface area contributed by atoms with Crippen LogP contribution in [-0.4, -0.2) is 58.4 Å². The van der Waals surface area contributed by atoms with Gasteiger partial charge in [-0.1, -0.05) is 12.1 Å². The highest BCUT2D eigenvalue weighted by Gasteiger charge is 2.13. The Morgan fingerprint density at radius 1 is 1.00 bits per heavy atom. The second kappa shape index (κ2) is 10.9. The van der Waals surface area contributed by atoms with E-state index >= 15 is 0 Å². The first-order valence-electron chi connectivity index (χ1n) is 9.34. The quantitative estimate of drug-likeness (QED) is 0.500. The molecule has 0 saturated heterocycles. The van der Waals surface area contributed by atoms with Gasteiger partial charge in [0.15, 0.2) is 11.5 Å². The fourth-order valence-corrected chi connectivity index (χ4v) is 2.69. The molecule has 0 heterocycles. The van der Waals surface area contributed by atoms with Crippen molar-refractivity contribution in [2.75, 3.05) is 41.5 Å². The van der Waals surface area contributed by atoms with Crippen LogP contribution in [0.2, 0.25) is 0 Å². The van der Waals surface area contributed by atoms with Crippen molar-refractivity contribution >= 4 is 11.9 Å². The molecule has 0 atom stereocenters. The SMILES string of the molecule is CCOC(=NC(=O)c1cccc(OC)c1)N(C)CCc1ccc(OC)c(OC)c1. The summed E-state index contributed by atoms with van der Waals surface area (Å²) in [6.07, 6.45) is 0.719. The van der Waals surface area contributed by atoms with Crippen LogP contribution in [0.3, 0.4) is 0 Å². The number of aliphatic imine (C=N–C) groups is 1. The molecule has 2 rings (SSSR count). The topological polar surface area (TPSA) is 69.6 Å². The summed E-state index contributed by atoms with van der Waals surface area (Å²) in [6, 6.07) is 12.9. The van der Waals surface area contributed by atoms with E-state index in [1.54, 1.807) is 45.6 Å². The van der Waals surface area contributed by atoms with Gasteiger partial charge in [0.2, 0.25) is 0 Å². The normalized spacial score (nSPS) is 11.0. The molecule has 0 N–H and O–H groups in total. The Labute approximate surface area is 171 Å². The average molecular weight is 400 g/mol. The van der Waals surface area contributed by atoms with Crippen molar-refractivity contribution in [1.82, 2.24) is 4.90 Å². The van der Waals surface area contributed by atoms with Gasteiger partial charge in [0.25, 0.3) is 11.9 Å². The minimum atomic E-state index is -0.384. The smallest absolute Gasteiger partial charge is 0.295 e. The minimum Gasteiger partial charge on any atom is -0.497 e. The van der Waals surface area contributed by atoms with Crippen LogP contribution in [-0.2, 0) is 11.2 Å². The van der Waals surface area contributed by atoms with E-state index in [4.69, 9.17) is 18.9 Å². The van der Waals surface area contributed by atoms with Gasteiger partial charge in [-0.25, -0.2) is 0 Å². The lowest BCUT2D eigenvalue weighted by molar-refractivity contribution is 0.0994. The Morgan fingerprint density at radius 3 is 2.41 bits per heavy atom. The number of benzene rings is 2. The second-order valence-corrected chi connectivity index (χ2v) is 6.23. The number of carbonyl (C=O) groups excluding carboxylic acids is 1. The summed E-state index contributed by atoms with van der Waals surface area (Å²) in [7, 11) is 6.61. The van der Waals surface area contributed by atoms with E-state index in [1.165, 1.54) is 0 Å². The summed E-state index contributed by atoms with van der Waals surface area (Å²) < 4.78 is 21.4. The lowest BCUT2D eigenvalue weighted by Crippen LogP contribution is -2.32. The largest absolute Gasteiger partial charge is 0.497 e. The molecular weight excluding hydrogens is 372 g/mol. The number of rotatable bonds is 8. The number of carbonyl (C=O) groups is 1. The van der Waals surface area contributed by atoms with Crippen LogP contribution in [0.25, 0.3) is 0 Å². The molecule has 7 nitrogen and oxygen atoms in total. The van der Waals surface area contributed by atoms with Crippen LogP contribution in [0, 0.1) is 0 Å². The first-order valence-corrected chi connectivity index (χ1v) is 9.34. The van der Waals surface area contributed by atoms with E-state index in [9.17, 15) is 4.79 Å². The van der Waals surface area contributed by atoms with E-state index in [0.717, 1.165) is 12.0 Å². The molecule has 156 valence electrons. The summed E-state index contributed by atoms with van der Waals surface area (Å²) in [6.45, 7) is 2.87. The van der Waals surface area contributed by atoms with Gasteiger partial charge in [-0.2, -0.15) is 4.99 Å². The predicted molar refractivity (Wildman–Crippen MR) is 112 cm³/mol. The molecule has 0 aliphatic rings. The first-order chi connectivity index (χ1) is 14.0. The summed E-state index contributed by atoms with van der Waals surface area (Å²) in [5.41, 5.74) is 1.51. The van der Waals surface area contributed by atoms with Crippen molar-refractivity contribution in [2.45, 2.75) is 13.3 Å². The third-order valence-electron chi connectivity index (χ3n) is 4.30. The van der Waals surface area contributed by atoms with Crippen molar-refractivity contribution in [3.63, 3.8) is 0 Å². The van der Waals surface area contributed by atoms with Gasteiger partial charge in [-0.3, -0.25) is 4.79 Å². The third-order valence-corrected chi connectivity index (χ3v) is 4.30. The Bertz CT molecular complexity index is 851. The van der Waals surface area contributed by atoms with Gasteiger partial charge in [0.1, 0.15) is 5.75 Å². The van der Waals surface area contributed by atoms with E-state index in [2.05, 4.69) is 4.99 Å². The molecule has 29 heavy (non-hydrogen) atoms.